The molecule has 1 atom stereocenters. The van der Waals surface area contributed by atoms with Crippen LogP contribution in [-0.4, -0.2) is 51.4 Å². The molecule has 8 nitrogen and oxygen atoms in total. The second-order valence-corrected chi connectivity index (χ2v) is 12.3. The highest BCUT2D eigenvalue weighted by molar-refractivity contribution is 7.92. The molecule has 2 amide bonds. The summed E-state index contributed by atoms with van der Waals surface area (Å²) in [4.78, 5) is 28.4. The van der Waals surface area contributed by atoms with Crippen LogP contribution in [0.15, 0.2) is 77.7 Å². The van der Waals surface area contributed by atoms with Crippen molar-refractivity contribution in [3.63, 3.8) is 0 Å². The fourth-order valence-electron chi connectivity index (χ4n) is 3.95. The maximum atomic E-state index is 14.0. The molecule has 1 N–H and O–H groups in total. The summed E-state index contributed by atoms with van der Waals surface area (Å²) in [6, 6.07) is 19.0. The van der Waals surface area contributed by atoms with Gasteiger partial charge in [0.25, 0.3) is 10.0 Å². The minimum Gasteiger partial charge on any atom is -0.497 e. The summed E-state index contributed by atoms with van der Waals surface area (Å²) in [7, 11) is -2.68. The Morgan fingerprint density at radius 1 is 0.975 bits per heavy atom. The summed E-state index contributed by atoms with van der Waals surface area (Å²) in [6.45, 7) is 7.45. The van der Waals surface area contributed by atoms with Crippen LogP contribution in [-0.2, 0) is 26.2 Å². The van der Waals surface area contributed by atoms with Crippen molar-refractivity contribution in [2.75, 3.05) is 24.5 Å². The number of carbonyl (C=O) groups excluding carboxylic acids is 2. The van der Waals surface area contributed by atoms with Gasteiger partial charge in [-0.3, -0.25) is 13.9 Å². The number of rotatable bonds is 12. The van der Waals surface area contributed by atoms with E-state index in [1.165, 1.54) is 24.1 Å². The molecule has 0 aliphatic carbocycles. The largest absolute Gasteiger partial charge is 0.497 e. The van der Waals surface area contributed by atoms with Crippen LogP contribution in [0.5, 0.6) is 5.75 Å². The summed E-state index contributed by atoms with van der Waals surface area (Å²) >= 11 is 6.05. The van der Waals surface area contributed by atoms with E-state index in [1.54, 1.807) is 67.6 Å². The van der Waals surface area contributed by atoms with E-state index >= 15 is 0 Å². The Bertz CT molecular complexity index is 1410. The van der Waals surface area contributed by atoms with Crippen molar-refractivity contribution in [3.8, 4) is 5.75 Å². The Morgan fingerprint density at radius 2 is 1.62 bits per heavy atom. The van der Waals surface area contributed by atoms with E-state index in [0.29, 0.717) is 17.3 Å². The Morgan fingerprint density at radius 3 is 2.23 bits per heavy atom. The first-order valence-corrected chi connectivity index (χ1v) is 14.8. The summed E-state index contributed by atoms with van der Waals surface area (Å²) in [5.41, 5.74) is 1.91. The van der Waals surface area contributed by atoms with E-state index in [1.807, 2.05) is 20.8 Å². The predicted molar refractivity (Wildman–Crippen MR) is 158 cm³/mol. The zero-order chi connectivity index (χ0) is 29.4. The van der Waals surface area contributed by atoms with Crippen LogP contribution in [0.2, 0.25) is 5.02 Å². The average Bonchev–Trinajstić information content (AvgIpc) is 2.93. The van der Waals surface area contributed by atoms with E-state index in [9.17, 15) is 18.0 Å². The lowest BCUT2D eigenvalue weighted by Crippen LogP contribution is -2.51. The number of aryl methyl sites for hydroxylation is 1. The van der Waals surface area contributed by atoms with E-state index in [-0.39, 0.29) is 29.0 Å². The monoisotopic (exact) mass is 585 g/mol. The van der Waals surface area contributed by atoms with Crippen molar-refractivity contribution in [2.45, 2.75) is 45.2 Å². The highest BCUT2D eigenvalue weighted by Crippen LogP contribution is 2.28. The topological polar surface area (TPSA) is 96.0 Å². The third-order valence-corrected chi connectivity index (χ3v) is 8.39. The molecule has 0 saturated carbocycles. The molecule has 3 rings (SSSR count). The molecule has 0 spiro atoms. The standard InChI is InChI=1S/C30H36ClN3O5S/c1-21(2)18-32-30(36)23(4)33(19-24-11-13-25(31)14-12-24)29(35)20-34(26-7-6-8-27(17-26)39-5)40(37,38)28-15-9-22(3)10-16-28/h6-17,21,23H,18-20H2,1-5H3,(H,32,36). The molecular formula is C30H36ClN3O5S. The Kier molecular flexibility index (Phi) is 10.6. The lowest BCUT2D eigenvalue weighted by molar-refractivity contribution is -0.139. The molecule has 0 aliphatic rings. The minimum atomic E-state index is -4.16. The molecule has 0 heterocycles. The van der Waals surface area contributed by atoms with Crippen LogP contribution in [0.4, 0.5) is 5.69 Å². The number of halogens is 1. The van der Waals surface area contributed by atoms with Gasteiger partial charge in [0.05, 0.1) is 17.7 Å². The fourth-order valence-corrected chi connectivity index (χ4v) is 5.49. The number of hydrogen-bond acceptors (Lipinski definition) is 5. The Labute approximate surface area is 241 Å². The summed E-state index contributed by atoms with van der Waals surface area (Å²) in [5.74, 6) is -0.209. The van der Waals surface area contributed by atoms with Gasteiger partial charge in [-0.15, -0.1) is 0 Å². The molecule has 3 aromatic carbocycles. The van der Waals surface area contributed by atoms with Gasteiger partial charge in [-0.25, -0.2) is 8.42 Å². The van der Waals surface area contributed by atoms with Crippen molar-refractivity contribution >= 4 is 39.1 Å². The molecule has 0 radical (unpaired) electrons. The number of methoxy groups -OCH3 is 1. The first kappa shape index (κ1) is 31.0. The zero-order valence-corrected chi connectivity index (χ0v) is 25.0. The molecule has 214 valence electrons. The summed E-state index contributed by atoms with van der Waals surface area (Å²) in [6.07, 6.45) is 0. The zero-order valence-electron chi connectivity index (χ0n) is 23.4. The van der Waals surface area contributed by atoms with Gasteiger partial charge in [0, 0.05) is 24.2 Å². The normalized spacial score (nSPS) is 12.1. The van der Waals surface area contributed by atoms with Crippen molar-refractivity contribution in [1.82, 2.24) is 10.2 Å². The number of anilines is 1. The van der Waals surface area contributed by atoms with Crippen LogP contribution < -0.4 is 14.4 Å². The Balaban J connectivity index is 2.02. The highest BCUT2D eigenvalue weighted by Gasteiger charge is 2.32. The smallest absolute Gasteiger partial charge is 0.264 e. The van der Waals surface area contributed by atoms with Gasteiger partial charge in [-0.05, 0) is 61.7 Å². The highest BCUT2D eigenvalue weighted by atomic mass is 35.5. The number of nitrogens with one attached hydrogen (secondary N) is 1. The average molecular weight is 586 g/mol. The van der Waals surface area contributed by atoms with E-state index < -0.39 is 28.5 Å². The summed E-state index contributed by atoms with van der Waals surface area (Å²) in [5, 5.41) is 3.41. The first-order chi connectivity index (χ1) is 18.9. The number of amides is 2. The molecule has 0 aliphatic heterocycles. The molecule has 40 heavy (non-hydrogen) atoms. The number of ether oxygens (including phenoxy) is 1. The van der Waals surface area contributed by atoms with Crippen LogP contribution in [0.3, 0.4) is 0 Å². The number of sulfonamides is 1. The fraction of sp³-hybridized carbons (Fsp3) is 0.333. The van der Waals surface area contributed by atoms with Crippen molar-refractivity contribution in [2.24, 2.45) is 5.92 Å². The van der Waals surface area contributed by atoms with Crippen LogP contribution >= 0.6 is 11.6 Å². The van der Waals surface area contributed by atoms with E-state index in [4.69, 9.17) is 16.3 Å². The Hall–Kier alpha value is -3.56. The van der Waals surface area contributed by atoms with Crippen molar-refractivity contribution in [1.29, 1.82) is 0 Å². The maximum Gasteiger partial charge on any atom is 0.264 e. The van der Waals surface area contributed by atoms with Crippen LogP contribution in [0.25, 0.3) is 0 Å². The van der Waals surface area contributed by atoms with Crippen molar-refractivity contribution < 1.29 is 22.7 Å². The molecule has 3 aromatic rings. The van der Waals surface area contributed by atoms with Gasteiger partial charge in [-0.2, -0.15) is 0 Å². The molecule has 0 bridgehead atoms. The van der Waals surface area contributed by atoms with Gasteiger partial charge in [0.1, 0.15) is 18.3 Å². The lowest BCUT2D eigenvalue weighted by Gasteiger charge is -2.32. The van der Waals surface area contributed by atoms with Crippen LogP contribution in [0.1, 0.15) is 31.9 Å². The quantitative estimate of drug-likeness (QED) is 0.321. The van der Waals surface area contributed by atoms with Gasteiger partial charge in [0.2, 0.25) is 11.8 Å². The molecular weight excluding hydrogens is 550 g/mol. The predicted octanol–water partition coefficient (Wildman–Crippen LogP) is 5.04. The van der Waals surface area contributed by atoms with Gasteiger partial charge in [0.15, 0.2) is 0 Å². The minimum absolute atomic E-state index is 0.0423. The van der Waals surface area contributed by atoms with E-state index in [0.717, 1.165) is 15.4 Å². The van der Waals surface area contributed by atoms with Crippen molar-refractivity contribution in [3.05, 3.63) is 88.9 Å². The number of hydrogen-bond donors (Lipinski definition) is 1. The molecule has 0 aromatic heterocycles. The molecule has 10 heteroatoms. The maximum absolute atomic E-state index is 14.0. The number of nitrogens with zero attached hydrogens (tertiary/aromatic N) is 2. The molecule has 0 saturated heterocycles. The number of carbonyl (C=O) groups is 2. The second kappa shape index (κ2) is 13.7. The van der Waals surface area contributed by atoms with Crippen LogP contribution in [0, 0.1) is 12.8 Å². The SMILES string of the molecule is COc1cccc(N(CC(=O)N(Cc2ccc(Cl)cc2)C(C)C(=O)NCC(C)C)S(=O)(=O)c2ccc(C)cc2)c1. The summed E-state index contributed by atoms with van der Waals surface area (Å²) < 4.78 is 34.2. The second-order valence-electron chi connectivity index (χ2n) is 9.99. The number of benzene rings is 3. The third kappa shape index (κ3) is 7.99. The lowest BCUT2D eigenvalue weighted by atomic mass is 10.1. The van der Waals surface area contributed by atoms with Gasteiger partial charge < -0.3 is 15.0 Å². The van der Waals surface area contributed by atoms with Gasteiger partial charge in [-0.1, -0.05) is 61.3 Å². The van der Waals surface area contributed by atoms with Gasteiger partial charge >= 0.3 is 0 Å². The third-order valence-electron chi connectivity index (χ3n) is 6.35. The molecule has 0 fully saturated rings. The molecule has 1 unspecified atom stereocenters. The van der Waals surface area contributed by atoms with E-state index in [2.05, 4.69) is 5.32 Å². The first-order valence-electron chi connectivity index (χ1n) is 13.0.